The van der Waals surface area contributed by atoms with E-state index in [1.165, 1.54) is 37.8 Å². The van der Waals surface area contributed by atoms with E-state index in [1.54, 1.807) is 42.1 Å². The molecule has 0 saturated carbocycles. The molecule has 0 fully saturated rings. The predicted octanol–water partition coefficient (Wildman–Crippen LogP) is 7.16. The van der Waals surface area contributed by atoms with Gasteiger partial charge < -0.3 is 24.1 Å². The summed E-state index contributed by atoms with van der Waals surface area (Å²) in [5, 5.41) is 3.33. The Hall–Kier alpha value is -5.32. The number of fused-ring (bicyclic) bond motifs is 1. The molecule has 0 aliphatic rings. The number of anilines is 1. The highest BCUT2D eigenvalue weighted by molar-refractivity contribution is 6.04. The monoisotopic (exact) mass is 600 g/mol. The molecule has 0 aliphatic carbocycles. The maximum absolute atomic E-state index is 14.7. The van der Waals surface area contributed by atoms with Gasteiger partial charge in [0.15, 0.2) is 11.5 Å². The Labute approximate surface area is 252 Å². The molecule has 0 unspecified atom stereocenters. The number of aromatic nitrogens is 3. The maximum atomic E-state index is 14.7. The SMILES string of the molecule is CCC(CC)n1cc(C(=O)Nc2ccc(Oc3ccnc4cc(OC)c(OC)cc34)cn2)c(=O)c(-c2ccc(F)cc2F)c1. The number of nitrogens with one attached hydrogen (secondary N) is 1. The van der Waals surface area contributed by atoms with E-state index in [4.69, 9.17) is 14.2 Å². The zero-order chi connectivity index (χ0) is 31.4. The van der Waals surface area contributed by atoms with E-state index in [1.807, 2.05) is 13.8 Å². The molecule has 1 N–H and O–H groups in total. The minimum atomic E-state index is -0.896. The van der Waals surface area contributed by atoms with Crippen molar-refractivity contribution in [3.8, 4) is 34.1 Å². The van der Waals surface area contributed by atoms with E-state index >= 15 is 0 Å². The van der Waals surface area contributed by atoms with Gasteiger partial charge in [-0.15, -0.1) is 0 Å². The number of benzene rings is 2. The van der Waals surface area contributed by atoms with Crippen LogP contribution < -0.4 is 25.0 Å². The largest absolute Gasteiger partial charge is 0.493 e. The fourth-order valence-corrected chi connectivity index (χ4v) is 4.94. The molecule has 0 spiro atoms. The summed E-state index contributed by atoms with van der Waals surface area (Å²) in [6.07, 6.45) is 7.41. The van der Waals surface area contributed by atoms with E-state index in [9.17, 15) is 18.4 Å². The first kappa shape index (κ1) is 30.1. The number of carbonyl (C=O) groups excluding carboxylic acids is 1. The molecule has 11 heteroatoms. The summed E-state index contributed by atoms with van der Waals surface area (Å²) in [6.45, 7) is 3.94. The van der Waals surface area contributed by atoms with Crippen LogP contribution in [0.3, 0.4) is 0 Å². The normalized spacial score (nSPS) is 11.1. The summed E-state index contributed by atoms with van der Waals surface area (Å²) in [6, 6.07) is 11.3. The molecule has 0 bridgehead atoms. The maximum Gasteiger partial charge on any atom is 0.262 e. The molecule has 1 amide bonds. The highest BCUT2D eigenvalue weighted by Gasteiger charge is 2.21. The van der Waals surface area contributed by atoms with Crippen molar-refractivity contribution in [1.82, 2.24) is 14.5 Å². The number of methoxy groups -OCH3 is 2. The van der Waals surface area contributed by atoms with Crippen LogP contribution in [0.15, 0.2) is 78.1 Å². The number of rotatable bonds is 10. The lowest BCUT2D eigenvalue weighted by Gasteiger charge is -2.20. The predicted molar refractivity (Wildman–Crippen MR) is 163 cm³/mol. The molecule has 226 valence electrons. The van der Waals surface area contributed by atoms with Gasteiger partial charge in [-0.25, -0.2) is 13.8 Å². The lowest BCUT2D eigenvalue weighted by molar-refractivity contribution is 0.102. The second-order valence-electron chi connectivity index (χ2n) is 9.93. The van der Waals surface area contributed by atoms with E-state index in [-0.39, 0.29) is 28.6 Å². The third-order valence-corrected chi connectivity index (χ3v) is 7.29. The second-order valence-corrected chi connectivity index (χ2v) is 9.93. The first-order valence-electron chi connectivity index (χ1n) is 13.9. The number of carbonyl (C=O) groups is 1. The van der Waals surface area contributed by atoms with Crippen molar-refractivity contribution in [2.24, 2.45) is 0 Å². The molecule has 3 aromatic heterocycles. The Morgan fingerprint density at radius 3 is 2.32 bits per heavy atom. The number of halogens is 2. The zero-order valence-electron chi connectivity index (χ0n) is 24.6. The molecule has 9 nitrogen and oxygen atoms in total. The molecule has 0 radical (unpaired) electrons. The number of nitrogens with zero attached hydrogens (tertiary/aromatic N) is 3. The Kier molecular flexibility index (Phi) is 8.84. The molecule has 5 rings (SSSR count). The van der Waals surface area contributed by atoms with Gasteiger partial charge in [0, 0.05) is 53.3 Å². The summed E-state index contributed by atoms with van der Waals surface area (Å²) in [5.74, 6) is -0.281. The van der Waals surface area contributed by atoms with E-state index < -0.39 is 23.0 Å². The number of hydrogen-bond donors (Lipinski definition) is 1. The van der Waals surface area contributed by atoms with E-state index in [2.05, 4.69) is 15.3 Å². The average Bonchev–Trinajstić information content (AvgIpc) is 3.02. The van der Waals surface area contributed by atoms with Crippen LogP contribution in [0.1, 0.15) is 43.1 Å². The lowest BCUT2D eigenvalue weighted by atomic mass is 10.0. The molecule has 0 saturated heterocycles. The van der Waals surface area contributed by atoms with Crippen LogP contribution in [-0.2, 0) is 0 Å². The van der Waals surface area contributed by atoms with Crippen LogP contribution in [0.2, 0.25) is 0 Å². The molecule has 0 aliphatic heterocycles. The van der Waals surface area contributed by atoms with Crippen molar-refractivity contribution in [2.45, 2.75) is 32.7 Å². The standard InChI is InChI=1S/C33H30F2N4O5/c1-5-20(6-2)39-17-24(22-9-7-19(34)13-26(22)35)32(40)25(18-39)33(41)38-31-10-8-21(16-37-31)44-28-11-12-36-27-15-30(43-4)29(42-3)14-23(27)28/h7-18,20H,5-6H2,1-4H3,(H,37,38,41). The molecule has 3 heterocycles. The quantitative estimate of drug-likeness (QED) is 0.181. The summed E-state index contributed by atoms with van der Waals surface area (Å²) in [4.78, 5) is 35.5. The van der Waals surface area contributed by atoms with Crippen molar-refractivity contribution in [3.63, 3.8) is 0 Å². The number of amides is 1. The van der Waals surface area contributed by atoms with Gasteiger partial charge in [0.1, 0.15) is 34.5 Å². The zero-order valence-corrected chi connectivity index (χ0v) is 24.6. The van der Waals surface area contributed by atoms with Crippen LogP contribution in [0.4, 0.5) is 14.6 Å². The van der Waals surface area contributed by atoms with E-state index in [0.717, 1.165) is 6.07 Å². The van der Waals surface area contributed by atoms with Crippen LogP contribution >= 0.6 is 0 Å². The minimum Gasteiger partial charge on any atom is -0.493 e. The van der Waals surface area contributed by atoms with Crippen molar-refractivity contribution in [3.05, 3.63) is 101 Å². The van der Waals surface area contributed by atoms with E-state index in [0.29, 0.717) is 52.8 Å². The van der Waals surface area contributed by atoms with Gasteiger partial charge in [0.2, 0.25) is 5.43 Å². The molecule has 44 heavy (non-hydrogen) atoms. The number of ether oxygens (including phenoxy) is 3. The molecular formula is C33H30F2N4O5. The molecule has 5 aromatic rings. The molecule has 0 atom stereocenters. The molecule has 2 aromatic carbocycles. The van der Waals surface area contributed by atoms with Crippen molar-refractivity contribution >= 4 is 22.6 Å². The topological polar surface area (TPSA) is 105 Å². The van der Waals surface area contributed by atoms with Gasteiger partial charge in [0.05, 0.1) is 25.9 Å². The fraction of sp³-hybridized carbons (Fsp3) is 0.212. The Morgan fingerprint density at radius 2 is 1.66 bits per heavy atom. The lowest BCUT2D eigenvalue weighted by Crippen LogP contribution is -2.26. The van der Waals surface area contributed by atoms with Crippen LogP contribution in [-0.4, -0.2) is 34.7 Å². The van der Waals surface area contributed by atoms with Gasteiger partial charge in [-0.1, -0.05) is 13.8 Å². The van der Waals surface area contributed by atoms with Crippen LogP contribution in [0.25, 0.3) is 22.0 Å². The smallest absolute Gasteiger partial charge is 0.262 e. The summed E-state index contributed by atoms with van der Waals surface area (Å²) >= 11 is 0. The third kappa shape index (κ3) is 6.07. The van der Waals surface area contributed by atoms with Gasteiger partial charge in [-0.2, -0.15) is 0 Å². The average molecular weight is 601 g/mol. The fourth-order valence-electron chi connectivity index (χ4n) is 4.94. The Balaban J connectivity index is 1.43. The Bertz CT molecular complexity index is 1890. The van der Waals surface area contributed by atoms with Crippen molar-refractivity contribution < 1.29 is 27.8 Å². The number of pyridine rings is 3. The molecular weight excluding hydrogens is 570 g/mol. The summed E-state index contributed by atoms with van der Waals surface area (Å²) < 4.78 is 46.8. The van der Waals surface area contributed by atoms with Gasteiger partial charge >= 0.3 is 0 Å². The van der Waals surface area contributed by atoms with Gasteiger partial charge in [0.25, 0.3) is 5.91 Å². The van der Waals surface area contributed by atoms with Crippen molar-refractivity contribution in [2.75, 3.05) is 19.5 Å². The van der Waals surface area contributed by atoms with Gasteiger partial charge in [-0.3, -0.25) is 14.6 Å². The highest BCUT2D eigenvalue weighted by Crippen LogP contribution is 2.37. The Morgan fingerprint density at radius 1 is 0.909 bits per heavy atom. The first-order chi connectivity index (χ1) is 21.3. The first-order valence-corrected chi connectivity index (χ1v) is 13.9. The van der Waals surface area contributed by atoms with Crippen molar-refractivity contribution in [1.29, 1.82) is 0 Å². The van der Waals surface area contributed by atoms with Gasteiger partial charge in [-0.05, 0) is 49.2 Å². The number of hydrogen-bond acceptors (Lipinski definition) is 7. The third-order valence-electron chi connectivity index (χ3n) is 7.29. The second kappa shape index (κ2) is 12.9. The summed E-state index contributed by atoms with van der Waals surface area (Å²) in [7, 11) is 3.08. The van der Waals surface area contributed by atoms with Crippen LogP contribution in [0, 0.1) is 11.6 Å². The summed E-state index contributed by atoms with van der Waals surface area (Å²) in [5.41, 5.74) is -0.388. The highest BCUT2D eigenvalue weighted by atomic mass is 19.1. The minimum absolute atomic E-state index is 0.0439. The van der Waals surface area contributed by atoms with Crippen LogP contribution in [0.5, 0.6) is 23.0 Å².